The summed E-state index contributed by atoms with van der Waals surface area (Å²) in [5.41, 5.74) is 1.15. The van der Waals surface area contributed by atoms with Crippen LogP contribution in [-0.2, 0) is 6.61 Å². The average molecular weight is 272 g/mol. The number of halogens is 2. The van der Waals surface area contributed by atoms with Crippen molar-refractivity contribution in [3.05, 3.63) is 40.2 Å². The van der Waals surface area contributed by atoms with Gasteiger partial charge in [-0.1, -0.05) is 5.16 Å². The van der Waals surface area contributed by atoms with Crippen LogP contribution in [0.2, 0.25) is 0 Å². The van der Waals surface area contributed by atoms with Crippen molar-refractivity contribution < 1.29 is 14.0 Å². The maximum absolute atomic E-state index is 13.0. The molecule has 78 valence electrons. The molecule has 1 aromatic carbocycles. The molecular formula is C10H7BrFNO2. The fourth-order valence-electron chi connectivity index (χ4n) is 1.17. The quantitative estimate of drug-likeness (QED) is 0.914. The van der Waals surface area contributed by atoms with Gasteiger partial charge in [-0.3, -0.25) is 0 Å². The fraction of sp³-hybridized carbons (Fsp3) is 0.100. The van der Waals surface area contributed by atoms with E-state index in [4.69, 9.17) is 9.63 Å². The predicted octanol–water partition coefficient (Wildman–Crippen LogP) is 2.74. The first-order valence-electron chi connectivity index (χ1n) is 4.22. The van der Waals surface area contributed by atoms with E-state index in [9.17, 15) is 4.39 Å². The number of nitrogens with zero attached hydrogens (tertiary/aromatic N) is 1. The van der Waals surface area contributed by atoms with Gasteiger partial charge in [-0.25, -0.2) is 4.39 Å². The van der Waals surface area contributed by atoms with E-state index in [-0.39, 0.29) is 12.4 Å². The monoisotopic (exact) mass is 271 g/mol. The van der Waals surface area contributed by atoms with Gasteiger partial charge in [-0.05, 0) is 34.1 Å². The van der Waals surface area contributed by atoms with Gasteiger partial charge in [0.05, 0.1) is 11.1 Å². The van der Waals surface area contributed by atoms with Crippen LogP contribution in [0.15, 0.2) is 33.3 Å². The highest BCUT2D eigenvalue weighted by Crippen LogP contribution is 2.25. The van der Waals surface area contributed by atoms with E-state index in [0.717, 1.165) is 0 Å². The SMILES string of the molecule is OCc1cc(-c2ccc(F)c(Br)c2)on1. The van der Waals surface area contributed by atoms with Crippen molar-refractivity contribution in [1.29, 1.82) is 0 Å². The van der Waals surface area contributed by atoms with Crippen LogP contribution in [-0.4, -0.2) is 10.3 Å². The molecule has 0 aliphatic heterocycles. The third-order valence-electron chi connectivity index (χ3n) is 1.93. The predicted molar refractivity (Wildman–Crippen MR) is 55.5 cm³/mol. The molecule has 0 saturated heterocycles. The molecule has 0 bridgehead atoms. The summed E-state index contributed by atoms with van der Waals surface area (Å²) in [5, 5.41) is 12.4. The molecule has 0 unspecified atom stereocenters. The van der Waals surface area contributed by atoms with Crippen LogP contribution in [0.25, 0.3) is 11.3 Å². The fourth-order valence-corrected chi connectivity index (χ4v) is 1.55. The standard InChI is InChI=1S/C10H7BrFNO2/c11-8-3-6(1-2-9(8)12)10-4-7(5-14)13-15-10/h1-4,14H,5H2. The van der Waals surface area contributed by atoms with Gasteiger partial charge in [0, 0.05) is 11.6 Å². The van der Waals surface area contributed by atoms with Crippen molar-refractivity contribution in [1.82, 2.24) is 5.16 Å². The summed E-state index contributed by atoms with van der Waals surface area (Å²) in [6, 6.07) is 6.12. The van der Waals surface area contributed by atoms with E-state index >= 15 is 0 Å². The van der Waals surface area contributed by atoms with E-state index in [1.165, 1.54) is 6.07 Å². The van der Waals surface area contributed by atoms with Crippen molar-refractivity contribution in [3.63, 3.8) is 0 Å². The van der Waals surface area contributed by atoms with E-state index < -0.39 is 0 Å². The van der Waals surface area contributed by atoms with Gasteiger partial charge >= 0.3 is 0 Å². The number of rotatable bonds is 2. The molecule has 1 aromatic heterocycles. The summed E-state index contributed by atoms with van der Waals surface area (Å²) in [6.07, 6.45) is 0. The first-order chi connectivity index (χ1) is 7.20. The van der Waals surface area contributed by atoms with E-state index in [0.29, 0.717) is 21.5 Å². The Morgan fingerprint density at radius 1 is 1.40 bits per heavy atom. The summed E-state index contributed by atoms with van der Waals surface area (Å²) in [4.78, 5) is 0. The number of benzene rings is 1. The minimum atomic E-state index is -0.333. The second kappa shape index (κ2) is 4.12. The zero-order valence-corrected chi connectivity index (χ0v) is 9.16. The topological polar surface area (TPSA) is 46.3 Å². The highest BCUT2D eigenvalue weighted by atomic mass is 79.9. The van der Waals surface area contributed by atoms with Crippen molar-refractivity contribution in [2.24, 2.45) is 0 Å². The number of hydrogen-bond acceptors (Lipinski definition) is 3. The Bertz CT molecular complexity index is 484. The Hall–Kier alpha value is -1.20. The van der Waals surface area contributed by atoms with Crippen LogP contribution in [0.3, 0.4) is 0 Å². The molecule has 2 aromatic rings. The molecule has 0 aliphatic rings. The number of aromatic nitrogens is 1. The molecule has 1 N–H and O–H groups in total. The maximum Gasteiger partial charge on any atom is 0.167 e. The zero-order valence-electron chi connectivity index (χ0n) is 7.58. The van der Waals surface area contributed by atoms with Crippen LogP contribution in [0, 0.1) is 5.82 Å². The number of hydrogen-bond donors (Lipinski definition) is 1. The summed E-state index contributed by atoms with van der Waals surface area (Å²) < 4.78 is 18.3. The minimum absolute atomic E-state index is 0.175. The molecule has 1 heterocycles. The van der Waals surface area contributed by atoms with Crippen molar-refractivity contribution in [2.45, 2.75) is 6.61 Å². The van der Waals surface area contributed by atoms with Gasteiger partial charge < -0.3 is 9.63 Å². The molecule has 15 heavy (non-hydrogen) atoms. The lowest BCUT2D eigenvalue weighted by atomic mass is 10.1. The second-order valence-corrected chi connectivity index (χ2v) is 3.82. The Morgan fingerprint density at radius 3 is 2.80 bits per heavy atom. The summed E-state index contributed by atoms with van der Waals surface area (Å²) in [5.74, 6) is 0.167. The zero-order chi connectivity index (χ0) is 10.8. The molecule has 0 amide bonds. The third-order valence-corrected chi connectivity index (χ3v) is 2.53. The van der Waals surface area contributed by atoms with Crippen LogP contribution >= 0.6 is 15.9 Å². The minimum Gasteiger partial charge on any atom is -0.390 e. The third kappa shape index (κ3) is 2.08. The molecule has 2 rings (SSSR count). The van der Waals surface area contributed by atoms with Crippen LogP contribution in [0.4, 0.5) is 4.39 Å². The van der Waals surface area contributed by atoms with Gasteiger partial charge in [0.2, 0.25) is 0 Å². The average Bonchev–Trinajstić information content (AvgIpc) is 2.70. The maximum atomic E-state index is 13.0. The van der Waals surface area contributed by atoms with E-state index in [2.05, 4.69) is 21.1 Å². The Balaban J connectivity index is 2.40. The molecule has 0 saturated carbocycles. The Morgan fingerprint density at radius 2 is 2.20 bits per heavy atom. The van der Waals surface area contributed by atoms with Crippen LogP contribution in [0.5, 0.6) is 0 Å². The van der Waals surface area contributed by atoms with Gasteiger partial charge in [0.15, 0.2) is 5.76 Å². The highest BCUT2D eigenvalue weighted by molar-refractivity contribution is 9.10. The molecule has 5 heteroatoms. The molecule has 0 spiro atoms. The second-order valence-electron chi connectivity index (χ2n) is 2.97. The van der Waals surface area contributed by atoms with Crippen molar-refractivity contribution in [3.8, 4) is 11.3 Å². The van der Waals surface area contributed by atoms with Gasteiger partial charge in [0.1, 0.15) is 11.5 Å². The normalized spacial score (nSPS) is 10.6. The first kappa shape index (κ1) is 10.3. The van der Waals surface area contributed by atoms with E-state index in [1.54, 1.807) is 18.2 Å². The lowest BCUT2D eigenvalue weighted by Gasteiger charge is -1.97. The molecular weight excluding hydrogens is 265 g/mol. The number of aliphatic hydroxyl groups excluding tert-OH is 1. The lowest BCUT2D eigenvalue weighted by molar-refractivity contribution is 0.267. The smallest absolute Gasteiger partial charge is 0.167 e. The Kier molecular flexibility index (Phi) is 2.83. The molecule has 0 aliphatic carbocycles. The molecule has 0 radical (unpaired) electrons. The van der Waals surface area contributed by atoms with Gasteiger partial charge in [0.25, 0.3) is 0 Å². The molecule has 3 nitrogen and oxygen atoms in total. The van der Waals surface area contributed by atoms with Gasteiger partial charge in [-0.15, -0.1) is 0 Å². The molecule has 0 atom stereocenters. The van der Waals surface area contributed by atoms with Crippen molar-refractivity contribution in [2.75, 3.05) is 0 Å². The van der Waals surface area contributed by atoms with E-state index in [1.807, 2.05) is 0 Å². The summed E-state index contributed by atoms with van der Waals surface area (Å²) in [7, 11) is 0. The molecule has 0 fully saturated rings. The summed E-state index contributed by atoms with van der Waals surface area (Å²) in [6.45, 7) is -0.175. The first-order valence-corrected chi connectivity index (χ1v) is 5.02. The van der Waals surface area contributed by atoms with Crippen LogP contribution in [0.1, 0.15) is 5.69 Å². The summed E-state index contributed by atoms with van der Waals surface area (Å²) >= 11 is 3.08. The van der Waals surface area contributed by atoms with Crippen molar-refractivity contribution >= 4 is 15.9 Å². The Labute approximate surface area is 93.6 Å². The van der Waals surface area contributed by atoms with Gasteiger partial charge in [-0.2, -0.15) is 0 Å². The number of aliphatic hydroxyl groups is 1. The highest BCUT2D eigenvalue weighted by Gasteiger charge is 2.08. The van der Waals surface area contributed by atoms with Crippen LogP contribution < -0.4 is 0 Å². The largest absolute Gasteiger partial charge is 0.390 e. The lowest BCUT2D eigenvalue weighted by Crippen LogP contribution is -1.80.